The zero-order chi connectivity index (χ0) is 21.7. The Morgan fingerprint density at radius 2 is 1.39 bits per heavy atom. The summed E-state index contributed by atoms with van der Waals surface area (Å²) >= 11 is 0. The van der Waals surface area contributed by atoms with Crippen LogP contribution in [0.4, 0.5) is 5.69 Å². The fourth-order valence-corrected chi connectivity index (χ4v) is 4.82. The van der Waals surface area contributed by atoms with Gasteiger partial charge < -0.3 is 0 Å². The van der Waals surface area contributed by atoms with Crippen LogP contribution in [0.3, 0.4) is 0 Å². The van der Waals surface area contributed by atoms with Crippen LogP contribution in [0.2, 0.25) is 0 Å². The number of nitrogens with zero attached hydrogens (tertiary/aromatic N) is 2. The first-order valence-electron chi connectivity index (χ1n) is 10.6. The molecule has 162 valence electrons. The third-order valence-corrected chi connectivity index (χ3v) is 6.25. The standard InChI is InChI=1S/C25H29N3O2S/c1-31(29,30)26-24-14-8-9-21(19-24)20-27-15-17-28(18-16-27)25(22-10-4-2-5-11-22)23-12-6-3-7-13-23/h2-14,19,25-26H,15-18,20H2,1H3. The number of anilines is 1. The SMILES string of the molecule is CS(=O)(=O)Nc1cccc(CN2CCN(C(c3ccccc3)c3ccccc3)CC2)c1. The number of hydrogen-bond donors (Lipinski definition) is 1. The maximum Gasteiger partial charge on any atom is 0.229 e. The van der Waals surface area contributed by atoms with E-state index in [0.717, 1.165) is 38.3 Å². The van der Waals surface area contributed by atoms with Gasteiger partial charge in [-0.15, -0.1) is 0 Å². The molecule has 0 saturated carbocycles. The van der Waals surface area contributed by atoms with E-state index in [2.05, 4.69) is 81.3 Å². The summed E-state index contributed by atoms with van der Waals surface area (Å²) < 4.78 is 25.6. The summed E-state index contributed by atoms with van der Waals surface area (Å²) in [4.78, 5) is 4.99. The van der Waals surface area contributed by atoms with Crippen molar-refractivity contribution >= 4 is 15.7 Å². The van der Waals surface area contributed by atoms with Crippen molar-refractivity contribution < 1.29 is 8.42 Å². The largest absolute Gasteiger partial charge is 0.297 e. The zero-order valence-electron chi connectivity index (χ0n) is 17.8. The van der Waals surface area contributed by atoms with Gasteiger partial charge in [0.2, 0.25) is 10.0 Å². The Morgan fingerprint density at radius 1 is 0.806 bits per heavy atom. The molecule has 1 aliphatic rings. The van der Waals surface area contributed by atoms with E-state index in [4.69, 9.17) is 0 Å². The molecular weight excluding hydrogens is 406 g/mol. The molecule has 3 aromatic rings. The second-order valence-corrected chi connectivity index (χ2v) is 9.86. The lowest BCUT2D eigenvalue weighted by Gasteiger charge is -2.40. The van der Waals surface area contributed by atoms with Crippen LogP contribution in [0.5, 0.6) is 0 Å². The van der Waals surface area contributed by atoms with Crippen molar-refractivity contribution in [3.8, 4) is 0 Å². The van der Waals surface area contributed by atoms with E-state index in [1.165, 1.54) is 17.4 Å². The molecule has 1 saturated heterocycles. The maximum atomic E-state index is 11.5. The molecule has 5 nitrogen and oxygen atoms in total. The number of nitrogens with one attached hydrogen (secondary N) is 1. The molecule has 0 amide bonds. The summed E-state index contributed by atoms with van der Waals surface area (Å²) in [6.07, 6.45) is 1.18. The van der Waals surface area contributed by atoms with Gasteiger partial charge in [0.05, 0.1) is 12.3 Å². The van der Waals surface area contributed by atoms with Gasteiger partial charge >= 0.3 is 0 Å². The van der Waals surface area contributed by atoms with Gasteiger partial charge in [-0.2, -0.15) is 0 Å². The van der Waals surface area contributed by atoms with E-state index in [1.807, 2.05) is 12.1 Å². The normalized spacial score (nSPS) is 15.8. The van der Waals surface area contributed by atoms with Gasteiger partial charge in [-0.1, -0.05) is 72.8 Å². The summed E-state index contributed by atoms with van der Waals surface area (Å²) in [5, 5.41) is 0. The average molecular weight is 436 g/mol. The van der Waals surface area contributed by atoms with Gasteiger partial charge in [-0.05, 0) is 28.8 Å². The van der Waals surface area contributed by atoms with Gasteiger partial charge in [0.1, 0.15) is 0 Å². The Labute approximate surface area is 185 Å². The molecule has 0 aliphatic carbocycles. The molecule has 6 heteroatoms. The lowest BCUT2D eigenvalue weighted by molar-refractivity contribution is 0.105. The molecule has 1 aliphatic heterocycles. The molecule has 1 N–H and O–H groups in total. The summed E-state index contributed by atoms with van der Waals surface area (Å²) in [6, 6.07) is 29.3. The third-order valence-electron chi connectivity index (χ3n) is 5.64. The first-order valence-corrected chi connectivity index (χ1v) is 12.5. The summed E-state index contributed by atoms with van der Waals surface area (Å²) in [7, 11) is -3.27. The number of sulfonamides is 1. The van der Waals surface area contributed by atoms with Gasteiger partial charge in [0.15, 0.2) is 0 Å². The second kappa shape index (κ2) is 9.64. The van der Waals surface area contributed by atoms with Crippen molar-refractivity contribution in [2.75, 3.05) is 37.2 Å². The molecule has 0 bridgehead atoms. The zero-order valence-corrected chi connectivity index (χ0v) is 18.6. The smallest absolute Gasteiger partial charge is 0.229 e. The molecule has 31 heavy (non-hydrogen) atoms. The number of rotatable bonds is 7. The molecule has 1 fully saturated rings. The van der Waals surface area contributed by atoms with E-state index in [1.54, 1.807) is 6.07 Å². The van der Waals surface area contributed by atoms with Crippen LogP contribution >= 0.6 is 0 Å². The predicted octanol–water partition coefficient (Wildman–Crippen LogP) is 3.97. The van der Waals surface area contributed by atoms with Crippen molar-refractivity contribution in [1.82, 2.24) is 9.80 Å². The minimum atomic E-state index is -3.27. The number of hydrogen-bond acceptors (Lipinski definition) is 4. The van der Waals surface area contributed by atoms with E-state index >= 15 is 0 Å². The lowest BCUT2D eigenvalue weighted by Crippen LogP contribution is -2.47. The van der Waals surface area contributed by atoms with Crippen molar-refractivity contribution in [2.24, 2.45) is 0 Å². The Kier molecular flexibility index (Phi) is 6.70. The van der Waals surface area contributed by atoms with E-state index in [-0.39, 0.29) is 6.04 Å². The highest BCUT2D eigenvalue weighted by atomic mass is 32.2. The highest BCUT2D eigenvalue weighted by Gasteiger charge is 2.26. The second-order valence-electron chi connectivity index (χ2n) is 8.11. The predicted molar refractivity (Wildman–Crippen MR) is 126 cm³/mol. The molecule has 4 rings (SSSR count). The van der Waals surface area contributed by atoms with Crippen LogP contribution in [-0.2, 0) is 16.6 Å². The fraction of sp³-hybridized carbons (Fsp3) is 0.280. The van der Waals surface area contributed by atoms with E-state index in [0.29, 0.717) is 5.69 Å². The molecule has 0 aromatic heterocycles. The Hall–Kier alpha value is -2.67. The third kappa shape index (κ3) is 5.94. The van der Waals surface area contributed by atoms with Crippen molar-refractivity contribution in [1.29, 1.82) is 0 Å². The van der Waals surface area contributed by atoms with Gasteiger partial charge in [-0.25, -0.2) is 8.42 Å². The van der Waals surface area contributed by atoms with E-state index < -0.39 is 10.0 Å². The molecule has 3 aromatic carbocycles. The minimum Gasteiger partial charge on any atom is -0.297 e. The first-order chi connectivity index (χ1) is 15.0. The molecule has 0 spiro atoms. The van der Waals surface area contributed by atoms with Crippen LogP contribution in [0, 0.1) is 0 Å². The Morgan fingerprint density at radius 3 is 1.94 bits per heavy atom. The fourth-order valence-electron chi connectivity index (χ4n) is 4.27. The van der Waals surface area contributed by atoms with Crippen LogP contribution in [-0.4, -0.2) is 50.7 Å². The van der Waals surface area contributed by atoms with Crippen LogP contribution in [0.15, 0.2) is 84.9 Å². The van der Waals surface area contributed by atoms with Crippen LogP contribution < -0.4 is 4.72 Å². The van der Waals surface area contributed by atoms with Crippen LogP contribution in [0.1, 0.15) is 22.7 Å². The van der Waals surface area contributed by atoms with Gasteiger partial charge in [-0.3, -0.25) is 14.5 Å². The molecule has 0 atom stereocenters. The molecule has 1 heterocycles. The quantitative estimate of drug-likeness (QED) is 0.610. The average Bonchev–Trinajstić information content (AvgIpc) is 2.76. The van der Waals surface area contributed by atoms with Gasteiger partial charge in [0.25, 0.3) is 0 Å². The summed E-state index contributed by atoms with van der Waals surface area (Å²) in [5.74, 6) is 0. The van der Waals surface area contributed by atoms with Gasteiger partial charge in [0, 0.05) is 38.4 Å². The summed E-state index contributed by atoms with van der Waals surface area (Å²) in [6.45, 7) is 4.72. The minimum absolute atomic E-state index is 0.256. The Bertz CT molecular complexity index is 1040. The van der Waals surface area contributed by atoms with Crippen molar-refractivity contribution in [3.63, 3.8) is 0 Å². The summed E-state index contributed by atoms with van der Waals surface area (Å²) in [5.41, 5.74) is 4.38. The highest BCUT2D eigenvalue weighted by molar-refractivity contribution is 7.92. The highest BCUT2D eigenvalue weighted by Crippen LogP contribution is 2.29. The lowest BCUT2D eigenvalue weighted by atomic mass is 9.96. The maximum absolute atomic E-state index is 11.5. The molecular formula is C25H29N3O2S. The van der Waals surface area contributed by atoms with E-state index in [9.17, 15) is 8.42 Å². The topological polar surface area (TPSA) is 52.7 Å². The number of piperazine rings is 1. The van der Waals surface area contributed by atoms with Crippen molar-refractivity contribution in [2.45, 2.75) is 12.6 Å². The molecule has 0 radical (unpaired) electrons. The Balaban J connectivity index is 1.43. The first kappa shape index (κ1) is 21.6. The van der Waals surface area contributed by atoms with Crippen molar-refractivity contribution in [3.05, 3.63) is 102 Å². The monoisotopic (exact) mass is 435 g/mol. The van der Waals surface area contributed by atoms with Crippen LogP contribution in [0.25, 0.3) is 0 Å². The molecule has 0 unspecified atom stereocenters. The number of benzene rings is 3.